The molecule has 0 amide bonds. The minimum absolute atomic E-state index is 0.0168. The summed E-state index contributed by atoms with van der Waals surface area (Å²) in [5.74, 6) is -0.0574. The summed E-state index contributed by atoms with van der Waals surface area (Å²) in [6.07, 6.45) is 3.24. The lowest BCUT2D eigenvalue weighted by Crippen LogP contribution is -2.49. The molecule has 3 atom stereocenters. The molecule has 8 nitrogen and oxygen atoms in total. The zero-order valence-electron chi connectivity index (χ0n) is 17.5. The van der Waals surface area contributed by atoms with Gasteiger partial charge in [-0.25, -0.2) is 23.6 Å². The number of nitrogens with zero attached hydrogens (tertiary/aromatic N) is 5. The minimum atomic E-state index is -3.46. The Hall–Kier alpha value is -2.05. The molecular weight excluding hydrogens is 481 g/mol. The van der Waals surface area contributed by atoms with Crippen LogP contribution in [0.1, 0.15) is 43.1 Å². The lowest BCUT2D eigenvalue weighted by atomic mass is 9.77. The lowest BCUT2D eigenvalue weighted by molar-refractivity contribution is 0.104. The Kier molecular flexibility index (Phi) is 5.73. The number of aromatic nitrogens is 4. The molecule has 0 aromatic carbocycles. The Labute approximate surface area is 195 Å². The molecule has 0 spiro atoms. The summed E-state index contributed by atoms with van der Waals surface area (Å²) >= 11 is 5.81. The van der Waals surface area contributed by atoms with Gasteiger partial charge < -0.3 is 15.3 Å². The molecule has 5 rings (SSSR count). The Balaban J connectivity index is 1.44. The molecule has 2 fully saturated rings. The normalized spacial score (nSPS) is 27.7. The Morgan fingerprint density at radius 2 is 2.00 bits per heavy atom. The third kappa shape index (κ3) is 4.06. The second-order valence-electron chi connectivity index (χ2n) is 8.76. The SMILES string of the molecule is O=[S@@]1c2c(nc(N3CCC(c4ncc(Cl)cn4)C(F)C3)nc2NC2(CO)CCC2)CC1(F)F. The molecule has 178 valence electrons. The highest BCUT2D eigenvalue weighted by atomic mass is 35.5. The van der Waals surface area contributed by atoms with Gasteiger partial charge in [0.2, 0.25) is 5.95 Å². The van der Waals surface area contributed by atoms with Crippen molar-refractivity contribution in [1.29, 1.82) is 0 Å². The van der Waals surface area contributed by atoms with Crippen molar-refractivity contribution < 1.29 is 22.5 Å². The van der Waals surface area contributed by atoms with Crippen LogP contribution in [0.5, 0.6) is 0 Å². The standard InChI is InChI=1S/C20H22ClF3N6O2S/c21-11-7-25-16(26-8-11)12-2-5-30(9-13(12)22)18-27-14-6-20(23,24)33(32)15(14)17(28-18)29-19(10-31)3-1-4-19/h7-8,12-13,31H,1-6,9-10H2,(H,27,28,29)/t12?,13?,33-/m1/s1. The molecule has 2 N–H and O–H groups in total. The zero-order chi connectivity index (χ0) is 23.4. The molecule has 3 aliphatic rings. The number of nitrogens with one attached hydrogen (secondary N) is 1. The van der Waals surface area contributed by atoms with Crippen LogP contribution >= 0.6 is 11.6 Å². The molecule has 2 aromatic rings. The molecule has 13 heteroatoms. The maximum absolute atomic E-state index is 15.1. The van der Waals surface area contributed by atoms with E-state index in [9.17, 15) is 18.1 Å². The van der Waals surface area contributed by atoms with Crippen molar-refractivity contribution in [2.45, 2.75) is 59.9 Å². The predicted molar refractivity (Wildman–Crippen MR) is 116 cm³/mol. The van der Waals surface area contributed by atoms with Crippen LogP contribution in [0, 0.1) is 0 Å². The molecule has 4 heterocycles. The highest BCUT2D eigenvalue weighted by Gasteiger charge is 2.50. The quantitative estimate of drug-likeness (QED) is 0.643. The van der Waals surface area contributed by atoms with Gasteiger partial charge in [0.25, 0.3) is 0 Å². The Morgan fingerprint density at radius 3 is 2.61 bits per heavy atom. The number of aliphatic hydroxyl groups excluding tert-OH is 1. The van der Waals surface area contributed by atoms with Gasteiger partial charge >= 0.3 is 5.25 Å². The van der Waals surface area contributed by atoms with E-state index in [1.54, 1.807) is 4.90 Å². The predicted octanol–water partition coefficient (Wildman–Crippen LogP) is 2.84. The Morgan fingerprint density at radius 1 is 1.27 bits per heavy atom. The van der Waals surface area contributed by atoms with Crippen molar-refractivity contribution in [1.82, 2.24) is 19.9 Å². The molecule has 1 aliphatic carbocycles. The first-order valence-corrected chi connectivity index (χ1v) is 12.2. The largest absolute Gasteiger partial charge is 0.394 e. The van der Waals surface area contributed by atoms with E-state index in [1.807, 2.05) is 0 Å². The van der Waals surface area contributed by atoms with Gasteiger partial charge in [-0.2, -0.15) is 13.8 Å². The number of anilines is 2. The van der Waals surface area contributed by atoms with Crippen molar-refractivity contribution in [3.8, 4) is 0 Å². The number of hydrogen-bond donors (Lipinski definition) is 2. The Bertz CT molecular complexity index is 1080. The number of alkyl halides is 3. The van der Waals surface area contributed by atoms with Gasteiger partial charge in [-0.1, -0.05) is 11.6 Å². The van der Waals surface area contributed by atoms with Crippen molar-refractivity contribution in [2.75, 3.05) is 29.9 Å². The summed E-state index contributed by atoms with van der Waals surface area (Å²) < 4.78 is 56.1. The van der Waals surface area contributed by atoms with Gasteiger partial charge in [0, 0.05) is 18.9 Å². The first-order valence-electron chi connectivity index (χ1n) is 10.7. The number of hydrogen-bond acceptors (Lipinski definition) is 8. The number of aliphatic hydroxyl groups is 1. The third-order valence-corrected chi connectivity index (χ3v) is 8.23. The van der Waals surface area contributed by atoms with Gasteiger partial charge in [0.05, 0.1) is 41.7 Å². The molecule has 2 unspecified atom stereocenters. The maximum Gasteiger partial charge on any atom is 0.331 e. The van der Waals surface area contributed by atoms with Gasteiger partial charge in [-0.15, -0.1) is 0 Å². The van der Waals surface area contributed by atoms with Crippen LogP contribution < -0.4 is 10.2 Å². The van der Waals surface area contributed by atoms with Gasteiger partial charge in [0.15, 0.2) is 0 Å². The van der Waals surface area contributed by atoms with Crippen LogP contribution in [-0.2, 0) is 17.2 Å². The monoisotopic (exact) mass is 502 g/mol. The van der Waals surface area contributed by atoms with Gasteiger partial charge in [0.1, 0.15) is 33.5 Å². The summed E-state index contributed by atoms with van der Waals surface area (Å²) in [6, 6.07) is 0. The summed E-state index contributed by atoms with van der Waals surface area (Å²) in [5, 5.41) is 9.77. The molecular formula is C20H22ClF3N6O2S. The van der Waals surface area contributed by atoms with E-state index in [1.165, 1.54) is 12.4 Å². The maximum atomic E-state index is 15.1. The molecule has 2 aliphatic heterocycles. The van der Waals surface area contributed by atoms with Crippen LogP contribution in [0.2, 0.25) is 5.02 Å². The average Bonchev–Trinajstić information content (AvgIpc) is 2.99. The molecule has 0 bridgehead atoms. The number of rotatable bonds is 5. The van der Waals surface area contributed by atoms with E-state index in [4.69, 9.17) is 11.6 Å². The minimum Gasteiger partial charge on any atom is -0.394 e. The number of piperidine rings is 1. The molecule has 2 aromatic heterocycles. The number of fused-ring (bicyclic) bond motifs is 1. The van der Waals surface area contributed by atoms with Crippen molar-refractivity contribution in [3.63, 3.8) is 0 Å². The van der Waals surface area contributed by atoms with E-state index in [-0.39, 0.29) is 35.5 Å². The smallest absolute Gasteiger partial charge is 0.331 e. The zero-order valence-corrected chi connectivity index (χ0v) is 19.1. The summed E-state index contributed by atoms with van der Waals surface area (Å²) in [4.78, 5) is 18.3. The molecule has 1 saturated carbocycles. The fraction of sp³-hybridized carbons (Fsp3) is 0.600. The van der Waals surface area contributed by atoms with E-state index in [0.29, 0.717) is 36.7 Å². The fourth-order valence-electron chi connectivity index (χ4n) is 4.50. The van der Waals surface area contributed by atoms with Crippen molar-refractivity contribution >= 4 is 34.2 Å². The summed E-state index contributed by atoms with van der Waals surface area (Å²) in [6.45, 7) is 0.0859. The topological polar surface area (TPSA) is 104 Å². The van der Waals surface area contributed by atoms with E-state index in [0.717, 1.165) is 6.42 Å². The van der Waals surface area contributed by atoms with Crippen LogP contribution in [0.4, 0.5) is 24.9 Å². The second kappa shape index (κ2) is 8.31. The first kappa shape index (κ1) is 22.7. The van der Waals surface area contributed by atoms with Gasteiger partial charge in [-0.05, 0) is 25.7 Å². The van der Waals surface area contributed by atoms with Crippen LogP contribution in [0.3, 0.4) is 0 Å². The molecule has 1 saturated heterocycles. The summed E-state index contributed by atoms with van der Waals surface area (Å²) in [5.41, 5.74) is -0.708. The van der Waals surface area contributed by atoms with Crippen molar-refractivity contribution in [2.24, 2.45) is 0 Å². The number of halogens is 4. The van der Waals surface area contributed by atoms with E-state index in [2.05, 4.69) is 25.3 Å². The highest BCUT2D eigenvalue weighted by Crippen LogP contribution is 2.44. The van der Waals surface area contributed by atoms with Gasteiger partial charge in [-0.3, -0.25) is 0 Å². The van der Waals surface area contributed by atoms with E-state index < -0.39 is 40.1 Å². The van der Waals surface area contributed by atoms with Crippen LogP contribution in [0.15, 0.2) is 17.3 Å². The summed E-state index contributed by atoms with van der Waals surface area (Å²) in [7, 11) is -2.61. The average molecular weight is 503 g/mol. The van der Waals surface area contributed by atoms with Crippen LogP contribution in [-0.4, -0.2) is 65.9 Å². The second-order valence-corrected chi connectivity index (χ2v) is 10.7. The van der Waals surface area contributed by atoms with Crippen LogP contribution in [0.25, 0.3) is 0 Å². The molecule has 33 heavy (non-hydrogen) atoms. The van der Waals surface area contributed by atoms with Crippen molar-refractivity contribution in [3.05, 3.63) is 28.9 Å². The molecule has 0 radical (unpaired) electrons. The lowest BCUT2D eigenvalue weighted by Gasteiger charge is -2.42. The highest BCUT2D eigenvalue weighted by molar-refractivity contribution is 7.86. The third-order valence-electron chi connectivity index (χ3n) is 6.55. The first-order chi connectivity index (χ1) is 15.7. The van der Waals surface area contributed by atoms with E-state index >= 15 is 4.39 Å². The fourth-order valence-corrected chi connectivity index (χ4v) is 5.77.